The fraction of sp³-hybridized carbons (Fsp3) is 0.200. The fourth-order valence-electron chi connectivity index (χ4n) is 3.99. The van der Waals surface area contributed by atoms with Crippen molar-refractivity contribution in [1.82, 2.24) is 19.3 Å². The maximum Gasteiger partial charge on any atom is 0.350 e. The Hall–Kier alpha value is -4.30. The molecular weight excluding hydrogens is 509 g/mol. The summed E-state index contributed by atoms with van der Waals surface area (Å²) in [4.78, 5) is 18.9. The second-order valence-electron chi connectivity index (χ2n) is 8.87. The zero-order valence-electron chi connectivity index (χ0n) is 19.3. The van der Waals surface area contributed by atoms with E-state index in [-0.39, 0.29) is 34.3 Å². The number of halogens is 4. The number of rotatable bonds is 6. The monoisotopic (exact) mass is 526 g/mol. The van der Waals surface area contributed by atoms with Gasteiger partial charge in [-0.3, -0.25) is 4.57 Å². The minimum Gasteiger partial charge on any atom is -0.453 e. The molecule has 0 atom stereocenters. The largest absolute Gasteiger partial charge is 0.453 e. The van der Waals surface area contributed by atoms with Gasteiger partial charge < -0.3 is 9.64 Å². The van der Waals surface area contributed by atoms with Gasteiger partial charge >= 0.3 is 5.69 Å². The van der Waals surface area contributed by atoms with Crippen molar-refractivity contribution in [3.8, 4) is 23.3 Å². The quantitative estimate of drug-likeness (QED) is 0.362. The van der Waals surface area contributed by atoms with E-state index in [4.69, 9.17) is 16.3 Å². The Labute approximate surface area is 213 Å². The van der Waals surface area contributed by atoms with Crippen molar-refractivity contribution in [2.45, 2.75) is 13.5 Å². The highest BCUT2D eigenvalue weighted by atomic mass is 35.5. The van der Waals surface area contributed by atoms with Crippen LogP contribution in [0.3, 0.4) is 0 Å². The molecule has 1 saturated heterocycles. The lowest BCUT2D eigenvalue weighted by atomic mass is 9.84. The summed E-state index contributed by atoms with van der Waals surface area (Å²) in [5, 5.41) is 13.3. The van der Waals surface area contributed by atoms with Gasteiger partial charge in [0.05, 0.1) is 29.9 Å². The number of hydrogen-bond acceptors (Lipinski definition) is 6. The van der Waals surface area contributed by atoms with Gasteiger partial charge in [0, 0.05) is 30.8 Å². The van der Waals surface area contributed by atoms with Crippen LogP contribution in [-0.4, -0.2) is 32.4 Å². The lowest BCUT2D eigenvalue weighted by Crippen LogP contribution is -2.54. The number of hydrogen-bond donors (Lipinski definition) is 0. The molecule has 0 radical (unpaired) electrons. The molecule has 0 bridgehead atoms. The van der Waals surface area contributed by atoms with Crippen LogP contribution in [0.1, 0.15) is 12.5 Å². The van der Waals surface area contributed by atoms with E-state index in [2.05, 4.69) is 16.2 Å². The van der Waals surface area contributed by atoms with E-state index in [0.717, 1.165) is 33.8 Å². The van der Waals surface area contributed by atoms with Crippen LogP contribution in [0.25, 0.3) is 5.69 Å². The molecule has 4 aromatic rings. The predicted molar refractivity (Wildman–Crippen MR) is 128 cm³/mol. The van der Waals surface area contributed by atoms with Crippen molar-refractivity contribution in [1.29, 1.82) is 5.26 Å². The van der Waals surface area contributed by atoms with Crippen molar-refractivity contribution < 1.29 is 17.9 Å². The van der Waals surface area contributed by atoms with Gasteiger partial charge in [0.25, 0.3) is 0 Å². The molecule has 37 heavy (non-hydrogen) atoms. The minimum atomic E-state index is -0.797. The first-order chi connectivity index (χ1) is 17.7. The molecule has 8 nitrogen and oxygen atoms in total. The molecule has 0 N–H and O–H groups in total. The molecular formula is C25H18ClF3N6O2. The third kappa shape index (κ3) is 4.63. The highest BCUT2D eigenvalue weighted by molar-refractivity contribution is 6.32. The topological polar surface area (TPSA) is 89.0 Å². The molecule has 3 heterocycles. The van der Waals surface area contributed by atoms with E-state index in [1.54, 1.807) is 6.07 Å². The number of ether oxygens (including phenoxy) is 1. The highest BCUT2D eigenvalue weighted by Gasteiger charge is 2.39. The normalized spacial score (nSPS) is 14.2. The van der Waals surface area contributed by atoms with Gasteiger partial charge in [-0.15, -0.1) is 0 Å². The first-order valence-corrected chi connectivity index (χ1v) is 11.4. The number of nitriles is 1. The Kier molecular flexibility index (Phi) is 6.13. The molecule has 12 heteroatoms. The van der Waals surface area contributed by atoms with E-state index in [1.807, 2.05) is 11.8 Å². The lowest BCUT2D eigenvalue weighted by molar-refractivity contribution is 0.334. The van der Waals surface area contributed by atoms with Gasteiger partial charge in [-0.25, -0.2) is 22.9 Å². The van der Waals surface area contributed by atoms with E-state index in [1.165, 1.54) is 24.4 Å². The summed E-state index contributed by atoms with van der Waals surface area (Å²) in [6.07, 6.45) is 2.49. The fourth-order valence-corrected chi connectivity index (χ4v) is 4.13. The van der Waals surface area contributed by atoms with Crippen LogP contribution in [0.2, 0.25) is 5.02 Å². The summed E-state index contributed by atoms with van der Waals surface area (Å²) < 4.78 is 50.5. The molecule has 1 aliphatic heterocycles. The Balaban J connectivity index is 1.36. The molecule has 0 unspecified atom stereocenters. The zero-order chi connectivity index (χ0) is 26.3. The second-order valence-corrected chi connectivity index (χ2v) is 9.28. The van der Waals surface area contributed by atoms with Crippen LogP contribution in [0.15, 0.2) is 59.8 Å². The third-order valence-electron chi connectivity index (χ3n) is 5.98. The molecule has 0 spiro atoms. The summed E-state index contributed by atoms with van der Waals surface area (Å²) in [6, 6.07) is 11.0. The van der Waals surface area contributed by atoms with Gasteiger partial charge in [-0.05, 0) is 31.2 Å². The van der Waals surface area contributed by atoms with Crippen molar-refractivity contribution in [2.24, 2.45) is 5.41 Å². The van der Waals surface area contributed by atoms with Gasteiger partial charge in [0.2, 0.25) is 0 Å². The minimum absolute atomic E-state index is 0.0838. The van der Waals surface area contributed by atoms with Gasteiger partial charge in [0.1, 0.15) is 28.8 Å². The van der Waals surface area contributed by atoms with Crippen LogP contribution in [0.5, 0.6) is 11.5 Å². The Morgan fingerprint density at radius 1 is 1.11 bits per heavy atom. The zero-order valence-corrected chi connectivity index (χ0v) is 20.1. The summed E-state index contributed by atoms with van der Waals surface area (Å²) in [5.74, 6) is -1.84. The second kappa shape index (κ2) is 9.29. The SMILES string of the molecule is CC1(C#N)CN(c2cc(Oc3ccc(-n4ncn(Cc5c(F)cccc5F)c4=O)cc3F)c(Cl)cn2)C1. The van der Waals surface area contributed by atoms with Crippen molar-refractivity contribution in [2.75, 3.05) is 18.0 Å². The van der Waals surface area contributed by atoms with Crippen LogP contribution in [0.4, 0.5) is 19.0 Å². The Bertz CT molecular complexity index is 1590. The number of nitrogens with zero attached hydrogens (tertiary/aromatic N) is 6. The maximum absolute atomic E-state index is 14.9. The van der Waals surface area contributed by atoms with E-state index < -0.39 is 28.6 Å². The molecule has 5 rings (SSSR count). The molecule has 1 aliphatic rings. The Morgan fingerprint density at radius 3 is 2.51 bits per heavy atom. The van der Waals surface area contributed by atoms with Gasteiger partial charge in [0.15, 0.2) is 17.3 Å². The predicted octanol–water partition coefficient (Wildman–Crippen LogP) is 4.69. The number of aromatic nitrogens is 4. The van der Waals surface area contributed by atoms with Crippen LogP contribution >= 0.6 is 11.6 Å². The summed E-state index contributed by atoms with van der Waals surface area (Å²) in [5.41, 5.74) is -1.38. The average Bonchev–Trinajstić information content (AvgIpc) is 3.22. The molecule has 188 valence electrons. The third-order valence-corrected chi connectivity index (χ3v) is 6.27. The highest BCUT2D eigenvalue weighted by Crippen LogP contribution is 2.37. The number of benzene rings is 2. The van der Waals surface area contributed by atoms with Crippen LogP contribution < -0.4 is 15.3 Å². The van der Waals surface area contributed by atoms with Crippen molar-refractivity contribution >= 4 is 17.4 Å². The van der Waals surface area contributed by atoms with Crippen molar-refractivity contribution in [3.05, 3.63) is 93.5 Å². The first kappa shape index (κ1) is 24.4. The molecule has 0 amide bonds. The van der Waals surface area contributed by atoms with Gasteiger partial charge in [-0.2, -0.15) is 15.0 Å². The average molecular weight is 527 g/mol. The standard InChI is InChI=1S/C25H18ClF3N6O2/c1-25(11-30)12-34(13-25)23-8-22(17(26)9-31-23)37-21-6-5-15(7-20(21)29)35-24(36)33(14-32-35)10-16-18(27)3-2-4-19(16)28/h2-9,14H,10,12-13H2,1H3. The molecule has 1 fully saturated rings. The molecule has 2 aromatic carbocycles. The maximum atomic E-state index is 14.9. The Morgan fingerprint density at radius 2 is 1.84 bits per heavy atom. The molecule has 0 aliphatic carbocycles. The summed E-state index contributed by atoms with van der Waals surface area (Å²) in [6.45, 7) is 2.45. The van der Waals surface area contributed by atoms with E-state index in [0.29, 0.717) is 18.9 Å². The summed E-state index contributed by atoms with van der Waals surface area (Å²) >= 11 is 6.19. The summed E-state index contributed by atoms with van der Waals surface area (Å²) in [7, 11) is 0. The number of anilines is 1. The smallest absolute Gasteiger partial charge is 0.350 e. The van der Waals surface area contributed by atoms with Gasteiger partial charge in [-0.1, -0.05) is 17.7 Å². The van der Waals surface area contributed by atoms with Crippen molar-refractivity contribution in [3.63, 3.8) is 0 Å². The molecule has 2 aromatic heterocycles. The van der Waals surface area contributed by atoms with E-state index >= 15 is 0 Å². The van der Waals surface area contributed by atoms with Crippen LogP contribution in [-0.2, 0) is 6.54 Å². The lowest BCUT2D eigenvalue weighted by Gasteiger charge is -2.44. The number of pyridine rings is 1. The molecule has 0 saturated carbocycles. The first-order valence-electron chi connectivity index (χ1n) is 11.0. The van der Waals surface area contributed by atoms with Crippen LogP contribution in [0, 0.1) is 34.2 Å². The van der Waals surface area contributed by atoms with E-state index in [9.17, 15) is 23.2 Å².